The molecule has 2 heterocycles. The van der Waals surface area contributed by atoms with E-state index in [0.29, 0.717) is 25.6 Å². The number of thiazole rings is 1. The van der Waals surface area contributed by atoms with Gasteiger partial charge in [0, 0.05) is 5.02 Å². The second-order valence-electron chi connectivity index (χ2n) is 7.88. The van der Waals surface area contributed by atoms with Crippen LogP contribution in [-0.4, -0.2) is 16.6 Å². The molecule has 7 heteroatoms. The van der Waals surface area contributed by atoms with Gasteiger partial charge in [-0.2, -0.15) is 0 Å². The topological polar surface area (TPSA) is 60.7 Å². The van der Waals surface area contributed by atoms with Crippen molar-refractivity contribution in [3.63, 3.8) is 0 Å². The average Bonchev–Trinajstić information content (AvgIpc) is 3.08. The molecule has 0 aliphatic carbocycles. The van der Waals surface area contributed by atoms with E-state index in [2.05, 4.69) is 4.99 Å². The number of benzene rings is 2. The van der Waals surface area contributed by atoms with Crippen LogP contribution >= 0.6 is 22.9 Å². The van der Waals surface area contributed by atoms with E-state index in [0.717, 1.165) is 11.1 Å². The van der Waals surface area contributed by atoms with Gasteiger partial charge in [-0.15, -0.1) is 0 Å². The molecule has 2 aromatic carbocycles. The van der Waals surface area contributed by atoms with E-state index in [1.807, 2.05) is 54.6 Å². The van der Waals surface area contributed by atoms with Crippen molar-refractivity contribution < 1.29 is 9.53 Å². The van der Waals surface area contributed by atoms with Crippen LogP contribution in [0.2, 0.25) is 5.02 Å². The van der Waals surface area contributed by atoms with E-state index < -0.39 is 12.0 Å². The molecule has 168 valence electrons. The smallest absolute Gasteiger partial charge is 0.338 e. The number of halogens is 1. The van der Waals surface area contributed by atoms with Crippen molar-refractivity contribution in [2.75, 3.05) is 0 Å². The van der Waals surface area contributed by atoms with Crippen LogP contribution in [0.15, 0.2) is 81.7 Å². The minimum absolute atomic E-state index is 0.209. The Morgan fingerprint density at radius 3 is 2.52 bits per heavy atom. The van der Waals surface area contributed by atoms with Crippen LogP contribution in [0.5, 0.6) is 0 Å². The average molecular weight is 479 g/mol. The number of aromatic nitrogens is 1. The van der Waals surface area contributed by atoms with Gasteiger partial charge in [-0.05, 0) is 50.1 Å². The largest absolute Gasteiger partial charge is 0.459 e. The molecular weight excluding hydrogens is 456 g/mol. The highest BCUT2D eigenvalue weighted by Gasteiger charge is 2.33. The first kappa shape index (κ1) is 23.0. The molecule has 0 saturated carbocycles. The van der Waals surface area contributed by atoms with Gasteiger partial charge in [0.05, 0.1) is 27.9 Å². The summed E-state index contributed by atoms with van der Waals surface area (Å²) in [4.78, 5) is 31.6. The minimum atomic E-state index is -0.648. The van der Waals surface area contributed by atoms with Crippen molar-refractivity contribution in [2.24, 2.45) is 4.99 Å². The molecule has 1 aliphatic heterocycles. The monoisotopic (exact) mass is 478 g/mol. The second-order valence-corrected chi connectivity index (χ2v) is 9.33. The summed E-state index contributed by atoms with van der Waals surface area (Å²) in [6.07, 6.45) is 5.27. The number of esters is 1. The fourth-order valence-electron chi connectivity index (χ4n) is 3.65. The number of nitrogens with zero attached hydrogens (tertiary/aromatic N) is 2. The lowest BCUT2D eigenvalue weighted by atomic mass is 9.96. The zero-order chi connectivity index (χ0) is 23.5. The Morgan fingerprint density at radius 2 is 1.85 bits per heavy atom. The predicted octanol–water partition coefficient (Wildman–Crippen LogP) is 4.51. The maximum Gasteiger partial charge on any atom is 0.338 e. The van der Waals surface area contributed by atoms with Gasteiger partial charge in [0.2, 0.25) is 0 Å². The van der Waals surface area contributed by atoms with Crippen LogP contribution in [-0.2, 0) is 9.53 Å². The van der Waals surface area contributed by atoms with Crippen LogP contribution in [0.25, 0.3) is 12.2 Å². The number of hydrogen-bond acceptors (Lipinski definition) is 5. The number of carbonyl (C=O) groups excluding carboxylic acids is 1. The maximum absolute atomic E-state index is 13.5. The van der Waals surface area contributed by atoms with E-state index in [4.69, 9.17) is 16.3 Å². The highest BCUT2D eigenvalue weighted by atomic mass is 35.5. The molecule has 33 heavy (non-hydrogen) atoms. The summed E-state index contributed by atoms with van der Waals surface area (Å²) in [5, 5.41) is 0.573. The van der Waals surface area contributed by atoms with Crippen molar-refractivity contribution >= 4 is 41.1 Å². The molecule has 5 nitrogen and oxygen atoms in total. The van der Waals surface area contributed by atoms with Gasteiger partial charge in [-0.25, -0.2) is 9.79 Å². The Morgan fingerprint density at radius 1 is 1.15 bits per heavy atom. The fourth-order valence-corrected chi connectivity index (χ4v) is 4.77. The Hall–Kier alpha value is -3.22. The molecule has 3 aromatic rings. The third kappa shape index (κ3) is 4.92. The molecule has 4 rings (SSSR count). The summed E-state index contributed by atoms with van der Waals surface area (Å²) in [6, 6.07) is 16.3. The van der Waals surface area contributed by atoms with Gasteiger partial charge < -0.3 is 4.74 Å². The first-order chi connectivity index (χ1) is 15.8. The summed E-state index contributed by atoms with van der Waals surface area (Å²) >= 11 is 7.38. The van der Waals surface area contributed by atoms with E-state index in [9.17, 15) is 9.59 Å². The highest BCUT2D eigenvalue weighted by molar-refractivity contribution is 7.07. The maximum atomic E-state index is 13.5. The van der Waals surface area contributed by atoms with Crippen LogP contribution in [0, 0.1) is 0 Å². The number of fused-ring (bicyclic) bond motifs is 1. The Bertz CT molecular complexity index is 1410. The first-order valence-corrected chi connectivity index (χ1v) is 11.8. The Labute approximate surface area is 200 Å². The normalized spacial score (nSPS) is 16.3. The van der Waals surface area contributed by atoms with Crippen molar-refractivity contribution in [2.45, 2.75) is 32.9 Å². The fraction of sp³-hybridized carbons (Fsp3) is 0.192. The molecule has 1 atom stereocenters. The lowest BCUT2D eigenvalue weighted by Crippen LogP contribution is -2.40. The van der Waals surface area contributed by atoms with E-state index >= 15 is 0 Å². The zero-order valence-corrected chi connectivity index (χ0v) is 20.1. The molecule has 0 radical (unpaired) electrons. The van der Waals surface area contributed by atoms with E-state index in [1.165, 1.54) is 11.3 Å². The number of ether oxygens (including phenoxy) is 1. The first-order valence-electron chi connectivity index (χ1n) is 10.6. The molecule has 1 aliphatic rings. The van der Waals surface area contributed by atoms with Crippen molar-refractivity contribution in [1.29, 1.82) is 0 Å². The summed E-state index contributed by atoms with van der Waals surface area (Å²) in [5.41, 5.74) is 2.48. The third-order valence-electron chi connectivity index (χ3n) is 5.11. The van der Waals surface area contributed by atoms with Gasteiger partial charge >= 0.3 is 5.97 Å². The molecule has 1 aromatic heterocycles. The van der Waals surface area contributed by atoms with Gasteiger partial charge in [-0.3, -0.25) is 9.36 Å². The van der Waals surface area contributed by atoms with Gasteiger partial charge in [-0.1, -0.05) is 77.6 Å². The van der Waals surface area contributed by atoms with E-state index in [-0.39, 0.29) is 11.7 Å². The van der Waals surface area contributed by atoms with Gasteiger partial charge in [0.15, 0.2) is 4.80 Å². The van der Waals surface area contributed by atoms with Crippen molar-refractivity contribution in [3.05, 3.63) is 108 Å². The van der Waals surface area contributed by atoms with Crippen molar-refractivity contribution in [3.8, 4) is 0 Å². The van der Waals surface area contributed by atoms with Crippen LogP contribution in [0.3, 0.4) is 0 Å². The van der Waals surface area contributed by atoms with Crippen LogP contribution < -0.4 is 14.9 Å². The van der Waals surface area contributed by atoms with Crippen molar-refractivity contribution in [1.82, 2.24) is 4.57 Å². The lowest BCUT2D eigenvalue weighted by molar-refractivity contribution is -0.143. The molecule has 0 unspecified atom stereocenters. The molecule has 0 saturated heterocycles. The second kappa shape index (κ2) is 9.73. The molecular formula is C26H23ClN2O3S. The summed E-state index contributed by atoms with van der Waals surface area (Å²) in [7, 11) is 0. The predicted molar refractivity (Wildman–Crippen MR) is 133 cm³/mol. The quantitative estimate of drug-likeness (QED) is 0.507. The third-order valence-corrected chi connectivity index (χ3v) is 6.36. The number of hydrogen-bond donors (Lipinski definition) is 0. The van der Waals surface area contributed by atoms with Crippen LogP contribution in [0.1, 0.15) is 37.9 Å². The molecule has 0 bridgehead atoms. The molecule has 0 amide bonds. The SMILES string of the molecule is CC1=C(C(=O)OC(C)C)[C@H](c2ccc(Cl)cc2)n2c(s/c(=C/C=C/c3ccccc3)c2=O)=N1. The standard InChI is InChI=1S/C26H23ClN2O3S/c1-16(2)32-25(31)22-17(3)28-26-29(23(22)19-12-14-20(27)15-13-19)24(30)21(33-26)11-7-10-18-8-5-4-6-9-18/h4-16,23H,1-3H3/b10-7+,21-11+/t23-/m0/s1. The molecule has 0 N–H and O–H groups in total. The highest BCUT2D eigenvalue weighted by Crippen LogP contribution is 2.31. The lowest BCUT2D eigenvalue weighted by Gasteiger charge is -2.25. The zero-order valence-electron chi connectivity index (χ0n) is 18.5. The Balaban J connectivity index is 1.85. The summed E-state index contributed by atoms with van der Waals surface area (Å²) in [6.45, 7) is 5.35. The number of allylic oxidation sites excluding steroid dienone is 2. The number of rotatable bonds is 5. The molecule has 0 spiro atoms. The van der Waals surface area contributed by atoms with E-state index in [1.54, 1.807) is 43.5 Å². The van der Waals surface area contributed by atoms with Gasteiger partial charge in [0.25, 0.3) is 5.56 Å². The summed E-state index contributed by atoms with van der Waals surface area (Å²) < 4.78 is 7.60. The van der Waals surface area contributed by atoms with Crippen LogP contribution in [0.4, 0.5) is 0 Å². The summed E-state index contributed by atoms with van der Waals surface area (Å²) in [5.74, 6) is -0.482. The minimum Gasteiger partial charge on any atom is -0.459 e. The number of carbonyl (C=O) groups is 1. The Kier molecular flexibility index (Phi) is 6.77. The molecule has 0 fully saturated rings. The van der Waals surface area contributed by atoms with Gasteiger partial charge in [0.1, 0.15) is 0 Å².